The molecule has 7 atom stereocenters. The second kappa shape index (κ2) is 14.7. The molecular formula is C43H60N8O2. The van der Waals surface area contributed by atoms with Crippen LogP contribution in [0.2, 0.25) is 0 Å². The maximum Gasteiger partial charge on any atom is 0.319 e. The summed E-state index contributed by atoms with van der Waals surface area (Å²) in [5.74, 6) is 7.79. The van der Waals surface area contributed by atoms with Crippen molar-refractivity contribution in [3.63, 3.8) is 0 Å². The molecule has 0 spiro atoms. The van der Waals surface area contributed by atoms with Crippen molar-refractivity contribution in [2.75, 3.05) is 30.0 Å². The highest BCUT2D eigenvalue weighted by Crippen LogP contribution is 2.60. The summed E-state index contributed by atoms with van der Waals surface area (Å²) >= 11 is 0. The highest BCUT2D eigenvalue weighted by atomic mass is 16.5. The zero-order valence-electron chi connectivity index (χ0n) is 32.6. The van der Waals surface area contributed by atoms with Crippen molar-refractivity contribution in [1.29, 1.82) is 0 Å². The van der Waals surface area contributed by atoms with Crippen LogP contribution in [0.5, 0.6) is 0 Å². The lowest BCUT2D eigenvalue weighted by Gasteiger charge is -2.61. The molecule has 6 unspecified atom stereocenters. The fraction of sp³-hybridized carbons (Fsp3) is 0.628. The van der Waals surface area contributed by atoms with Gasteiger partial charge in [0.05, 0.1) is 31.6 Å². The third-order valence-corrected chi connectivity index (χ3v) is 14.4. The van der Waals surface area contributed by atoms with Gasteiger partial charge in [0.1, 0.15) is 5.82 Å². The van der Waals surface area contributed by atoms with E-state index in [9.17, 15) is 4.79 Å². The number of nitrogens with one attached hydrogen (secondary N) is 3. The van der Waals surface area contributed by atoms with E-state index in [2.05, 4.69) is 85.5 Å². The normalized spacial score (nSPS) is 28.9. The van der Waals surface area contributed by atoms with Crippen molar-refractivity contribution >= 4 is 28.6 Å². The minimum absolute atomic E-state index is 0.0706. The van der Waals surface area contributed by atoms with Gasteiger partial charge in [0.15, 0.2) is 11.5 Å². The first-order valence-corrected chi connectivity index (χ1v) is 20.6. The quantitative estimate of drug-likeness (QED) is 0.135. The fourth-order valence-electron chi connectivity index (χ4n) is 11.2. The van der Waals surface area contributed by atoms with Crippen LogP contribution in [0.25, 0.3) is 28.0 Å². The molecule has 53 heavy (non-hydrogen) atoms. The van der Waals surface area contributed by atoms with Crippen molar-refractivity contribution in [2.45, 2.75) is 104 Å². The van der Waals surface area contributed by atoms with E-state index in [4.69, 9.17) is 14.8 Å². The predicted molar refractivity (Wildman–Crippen MR) is 212 cm³/mol. The molecule has 5 aliphatic rings. The number of hydrogen-bond donors (Lipinski definition) is 3. The van der Waals surface area contributed by atoms with Crippen molar-refractivity contribution in [3.05, 3.63) is 48.8 Å². The molecule has 2 amide bonds. The molecule has 1 aliphatic heterocycles. The summed E-state index contributed by atoms with van der Waals surface area (Å²) in [5.41, 5.74) is 3.58. The molecule has 5 fully saturated rings. The van der Waals surface area contributed by atoms with Gasteiger partial charge in [0, 0.05) is 29.2 Å². The number of rotatable bonds is 12. The third kappa shape index (κ3) is 6.96. The zero-order chi connectivity index (χ0) is 36.9. The Morgan fingerprint density at radius 2 is 1.81 bits per heavy atom. The predicted octanol–water partition coefficient (Wildman–Crippen LogP) is 9.09. The number of anilines is 2. The lowest BCUT2D eigenvalue weighted by Crippen LogP contribution is -2.63. The van der Waals surface area contributed by atoms with Crippen LogP contribution < -0.4 is 15.5 Å². The van der Waals surface area contributed by atoms with Crippen molar-refractivity contribution < 1.29 is 9.53 Å². The SMILES string of the molecule is CCC(C)C(C)C(C)C(CC)CC1C2CC3CC1CC(NC(=O)Nc1ccc(-c4cc(N5CCOC[C@H]5C)nc5c4cnn5-c4ccn[nH]4)cc1)(C3)C2. The molecule has 1 saturated heterocycles. The molecule has 1 aromatic carbocycles. The van der Waals surface area contributed by atoms with Crippen LogP contribution >= 0.6 is 0 Å². The molecule has 4 bridgehead atoms. The van der Waals surface area contributed by atoms with Crippen molar-refractivity contribution in [1.82, 2.24) is 30.3 Å². The van der Waals surface area contributed by atoms with E-state index < -0.39 is 0 Å². The van der Waals surface area contributed by atoms with Gasteiger partial charge >= 0.3 is 6.03 Å². The largest absolute Gasteiger partial charge is 0.377 e. The number of aromatic amines is 1. The fourth-order valence-corrected chi connectivity index (χ4v) is 11.2. The number of benzene rings is 1. The minimum atomic E-state index is -0.0746. The number of carbonyl (C=O) groups is 1. The monoisotopic (exact) mass is 720 g/mol. The van der Waals surface area contributed by atoms with E-state index in [0.717, 1.165) is 113 Å². The summed E-state index contributed by atoms with van der Waals surface area (Å²) in [6.07, 6.45) is 13.6. The standard InChI is InChI=1S/C43H60N8O2/c1-7-26(3)28(5)29(6)31(8-2)19-36-33-17-30-18-34(36)23-43(21-30,22-33)48-42(52)46-35-11-9-32(10-12-35)37-20-40(50-15-16-53-25-27(50)4)47-41-38(37)24-45-51(41)39-13-14-44-49-39/h9-14,20,24,26-31,33-34,36H,7-8,15-19,21-23,25H2,1-6H3,(H,44,49)(H2,46,48,52)/t26?,27-,28?,29?,30?,31?,33?,34?,36?,43?/m1/s1. The maximum atomic E-state index is 13.7. The zero-order valence-corrected chi connectivity index (χ0v) is 32.6. The van der Waals surface area contributed by atoms with E-state index in [1.807, 2.05) is 29.1 Å². The number of hydrogen-bond acceptors (Lipinski definition) is 6. The third-order valence-electron chi connectivity index (χ3n) is 14.4. The average molecular weight is 721 g/mol. The molecule has 10 heteroatoms. The number of urea groups is 1. The van der Waals surface area contributed by atoms with Crippen molar-refractivity contribution in [2.24, 2.45) is 47.3 Å². The Kier molecular flexibility index (Phi) is 10.0. The first kappa shape index (κ1) is 36.1. The van der Waals surface area contributed by atoms with E-state index in [1.165, 1.54) is 32.1 Å². The van der Waals surface area contributed by atoms with Gasteiger partial charge in [-0.15, -0.1) is 0 Å². The van der Waals surface area contributed by atoms with Gasteiger partial charge in [0.25, 0.3) is 0 Å². The van der Waals surface area contributed by atoms with Gasteiger partial charge < -0.3 is 20.3 Å². The summed E-state index contributed by atoms with van der Waals surface area (Å²) in [7, 11) is 0. The van der Waals surface area contributed by atoms with Gasteiger partial charge in [0.2, 0.25) is 0 Å². The lowest BCUT2D eigenvalue weighted by molar-refractivity contribution is -0.0725. The Morgan fingerprint density at radius 3 is 2.49 bits per heavy atom. The molecule has 10 nitrogen and oxygen atoms in total. The average Bonchev–Trinajstić information content (AvgIpc) is 3.84. The molecule has 0 radical (unpaired) electrons. The number of aromatic nitrogens is 5. The number of morpholine rings is 1. The second-order valence-electron chi connectivity index (χ2n) is 17.5. The molecule has 4 aromatic rings. The van der Waals surface area contributed by atoms with E-state index in [0.29, 0.717) is 13.2 Å². The topological polar surface area (TPSA) is 113 Å². The molecule has 284 valence electrons. The number of carbonyl (C=O) groups excluding carboxylic acids is 1. The first-order valence-electron chi connectivity index (χ1n) is 20.6. The van der Waals surface area contributed by atoms with Crippen LogP contribution in [-0.2, 0) is 4.74 Å². The Bertz CT molecular complexity index is 1850. The van der Waals surface area contributed by atoms with Gasteiger partial charge in [-0.25, -0.2) is 9.78 Å². The number of pyridine rings is 1. The molecule has 4 saturated carbocycles. The Balaban J connectivity index is 0.965. The Labute approximate surface area is 315 Å². The number of ether oxygens (including phenoxy) is 1. The van der Waals surface area contributed by atoms with Crippen LogP contribution in [0.15, 0.2) is 48.8 Å². The van der Waals surface area contributed by atoms with E-state index in [-0.39, 0.29) is 17.6 Å². The molecule has 9 rings (SSSR count). The summed E-state index contributed by atoms with van der Waals surface area (Å²) in [5, 5.41) is 19.6. The van der Waals surface area contributed by atoms with Gasteiger partial charge in [-0.3, -0.25) is 5.10 Å². The van der Waals surface area contributed by atoms with Crippen LogP contribution in [-0.4, -0.2) is 62.3 Å². The smallest absolute Gasteiger partial charge is 0.319 e. The minimum Gasteiger partial charge on any atom is -0.377 e. The van der Waals surface area contributed by atoms with Gasteiger partial charge in [-0.05, 0) is 122 Å². The molecule has 3 N–H and O–H groups in total. The lowest BCUT2D eigenvalue weighted by atomic mass is 9.47. The number of nitrogens with zero attached hydrogens (tertiary/aromatic N) is 5. The summed E-state index contributed by atoms with van der Waals surface area (Å²) in [4.78, 5) is 21.1. The molecule has 4 aliphatic carbocycles. The van der Waals surface area contributed by atoms with E-state index in [1.54, 1.807) is 6.20 Å². The van der Waals surface area contributed by atoms with Crippen LogP contribution in [0.1, 0.15) is 92.9 Å². The second-order valence-corrected chi connectivity index (χ2v) is 17.5. The highest BCUT2D eigenvalue weighted by Gasteiger charge is 2.56. The van der Waals surface area contributed by atoms with E-state index >= 15 is 0 Å². The van der Waals surface area contributed by atoms with Crippen molar-refractivity contribution in [3.8, 4) is 16.9 Å². The van der Waals surface area contributed by atoms with Crippen LogP contribution in [0, 0.1) is 47.3 Å². The first-order chi connectivity index (χ1) is 25.6. The number of fused-ring (bicyclic) bond motifs is 1. The van der Waals surface area contributed by atoms with Gasteiger partial charge in [-0.2, -0.15) is 14.9 Å². The highest BCUT2D eigenvalue weighted by molar-refractivity contribution is 5.96. The maximum absolute atomic E-state index is 13.7. The summed E-state index contributed by atoms with van der Waals surface area (Å²) in [6.45, 7) is 16.5. The number of H-pyrrole nitrogens is 1. The molecule has 4 heterocycles. The Hall–Kier alpha value is -3.92. The van der Waals surface area contributed by atoms with Gasteiger partial charge in [-0.1, -0.05) is 59.6 Å². The molecule has 3 aromatic heterocycles. The summed E-state index contributed by atoms with van der Waals surface area (Å²) < 4.78 is 7.54. The number of amides is 2. The Morgan fingerprint density at radius 1 is 1.04 bits per heavy atom. The molecular weight excluding hydrogens is 661 g/mol. The van der Waals surface area contributed by atoms with Crippen LogP contribution in [0.4, 0.5) is 16.3 Å². The van der Waals surface area contributed by atoms with Crippen LogP contribution in [0.3, 0.4) is 0 Å². The summed E-state index contributed by atoms with van der Waals surface area (Å²) in [6, 6.07) is 12.4.